The number of benzene rings is 3. The van der Waals surface area contributed by atoms with Gasteiger partial charge >= 0.3 is 0 Å². The molecule has 0 saturated carbocycles. The molecule has 1 aromatic heterocycles. The van der Waals surface area contributed by atoms with Gasteiger partial charge in [0.2, 0.25) is 0 Å². The molecule has 122 valence electrons. The minimum Gasteiger partial charge on any atom is -0.455 e. The third kappa shape index (κ3) is 3.02. The highest BCUT2D eigenvalue weighted by atomic mass is 32.2. The van der Waals surface area contributed by atoms with Crippen molar-refractivity contribution >= 4 is 28.4 Å². The molecule has 0 spiro atoms. The zero-order chi connectivity index (χ0) is 17.2. The van der Waals surface area contributed by atoms with Crippen molar-refractivity contribution in [1.29, 1.82) is 0 Å². The van der Waals surface area contributed by atoms with Gasteiger partial charge in [0.15, 0.2) is 0 Å². The molecule has 25 heavy (non-hydrogen) atoms. The van der Waals surface area contributed by atoms with E-state index >= 15 is 0 Å². The fourth-order valence-electron chi connectivity index (χ4n) is 2.66. The van der Waals surface area contributed by atoms with Crippen LogP contribution in [-0.2, 0) is 0 Å². The van der Waals surface area contributed by atoms with Crippen molar-refractivity contribution in [2.75, 3.05) is 0 Å². The Morgan fingerprint density at radius 2 is 1.52 bits per heavy atom. The van der Waals surface area contributed by atoms with Gasteiger partial charge < -0.3 is 4.42 Å². The molecule has 4 rings (SSSR count). The molecule has 0 saturated heterocycles. The van der Waals surface area contributed by atoms with Crippen molar-refractivity contribution in [1.82, 2.24) is 0 Å². The number of rotatable bonds is 4. The van der Waals surface area contributed by atoms with E-state index in [0.717, 1.165) is 32.1 Å². The number of nitro groups is 1. The number of non-ortho nitro benzene ring substituents is 1. The van der Waals surface area contributed by atoms with Crippen molar-refractivity contribution in [2.45, 2.75) is 9.79 Å². The molecular weight excluding hydrogens is 334 g/mol. The lowest BCUT2D eigenvalue weighted by Gasteiger charge is -2.04. The van der Waals surface area contributed by atoms with Crippen LogP contribution in [0.3, 0.4) is 0 Å². The van der Waals surface area contributed by atoms with E-state index in [4.69, 9.17) is 4.42 Å². The van der Waals surface area contributed by atoms with Crippen molar-refractivity contribution in [3.05, 3.63) is 89.0 Å². The molecule has 0 aliphatic rings. The van der Waals surface area contributed by atoms with Gasteiger partial charge in [0.1, 0.15) is 11.3 Å². The Kier molecular flexibility index (Phi) is 3.99. The topological polar surface area (TPSA) is 56.3 Å². The van der Waals surface area contributed by atoms with Gasteiger partial charge in [-0.1, -0.05) is 54.2 Å². The summed E-state index contributed by atoms with van der Waals surface area (Å²) in [4.78, 5) is 12.4. The number of hydrogen-bond acceptors (Lipinski definition) is 4. The first-order valence-electron chi connectivity index (χ1n) is 7.71. The Labute approximate surface area is 148 Å². The summed E-state index contributed by atoms with van der Waals surface area (Å²) < 4.78 is 6.09. The zero-order valence-corrected chi connectivity index (χ0v) is 13.9. The van der Waals surface area contributed by atoms with Crippen LogP contribution in [0.5, 0.6) is 0 Å². The molecular formula is C20H13NO3S. The van der Waals surface area contributed by atoms with Gasteiger partial charge in [-0.15, -0.1) is 0 Å². The summed E-state index contributed by atoms with van der Waals surface area (Å²) >= 11 is 1.55. The maximum Gasteiger partial charge on any atom is 0.269 e. The average Bonchev–Trinajstić information content (AvgIpc) is 3.02. The number of nitrogens with zero attached hydrogens (tertiary/aromatic N) is 1. The summed E-state index contributed by atoms with van der Waals surface area (Å²) in [7, 11) is 0. The Morgan fingerprint density at radius 1 is 0.840 bits per heavy atom. The highest BCUT2D eigenvalue weighted by Crippen LogP contribution is 2.43. The Hall–Kier alpha value is -3.05. The second kappa shape index (κ2) is 6.45. The predicted octanol–water partition coefficient (Wildman–Crippen LogP) is 6.16. The molecule has 0 aliphatic carbocycles. The van der Waals surface area contributed by atoms with E-state index < -0.39 is 4.92 Å². The quantitative estimate of drug-likeness (QED) is 0.328. The summed E-state index contributed by atoms with van der Waals surface area (Å²) in [6, 6.07) is 24.4. The average molecular weight is 347 g/mol. The molecule has 0 amide bonds. The lowest BCUT2D eigenvalue weighted by Crippen LogP contribution is -1.86. The third-order valence-corrected chi connectivity index (χ3v) is 4.97. The van der Waals surface area contributed by atoms with Crippen molar-refractivity contribution in [3.8, 4) is 11.3 Å². The Balaban J connectivity index is 1.81. The number of nitro benzene ring substituents is 1. The van der Waals surface area contributed by atoms with Crippen LogP contribution >= 0.6 is 11.8 Å². The molecule has 0 atom stereocenters. The van der Waals surface area contributed by atoms with Crippen LogP contribution in [0.15, 0.2) is 93.1 Å². The maximum absolute atomic E-state index is 10.8. The summed E-state index contributed by atoms with van der Waals surface area (Å²) in [5.41, 5.74) is 1.92. The second-order valence-electron chi connectivity index (χ2n) is 5.48. The Bertz CT molecular complexity index is 1040. The van der Waals surface area contributed by atoms with E-state index in [1.54, 1.807) is 23.9 Å². The number of fused-ring (bicyclic) bond motifs is 1. The lowest BCUT2D eigenvalue weighted by molar-refractivity contribution is -0.384. The SMILES string of the molecule is O=[N+]([O-])c1ccc(Sc2c(-c3ccccc3)oc3ccccc23)cc1. The standard InChI is InChI=1S/C20H13NO3S/c22-21(23)15-10-12-16(13-11-15)25-20-17-8-4-5-9-18(17)24-19(20)14-6-2-1-3-7-14/h1-13H. The summed E-state index contributed by atoms with van der Waals surface area (Å²) in [6.45, 7) is 0. The van der Waals surface area contributed by atoms with E-state index in [1.807, 2.05) is 54.6 Å². The Morgan fingerprint density at radius 3 is 2.24 bits per heavy atom. The number of hydrogen-bond donors (Lipinski definition) is 0. The van der Waals surface area contributed by atoms with Gasteiger partial charge in [-0.25, -0.2) is 0 Å². The van der Waals surface area contributed by atoms with Gasteiger partial charge in [-0.05, 0) is 24.3 Å². The fourth-order valence-corrected chi connectivity index (χ4v) is 3.70. The molecule has 0 bridgehead atoms. The van der Waals surface area contributed by atoms with E-state index in [1.165, 1.54) is 12.1 Å². The molecule has 0 N–H and O–H groups in total. The largest absolute Gasteiger partial charge is 0.455 e. The predicted molar refractivity (Wildman–Crippen MR) is 98.9 cm³/mol. The molecule has 0 unspecified atom stereocenters. The van der Waals surface area contributed by atoms with Crippen molar-refractivity contribution < 1.29 is 9.34 Å². The van der Waals surface area contributed by atoms with Crippen LogP contribution in [0.25, 0.3) is 22.3 Å². The van der Waals surface area contributed by atoms with E-state index in [2.05, 4.69) is 0 Å². The van der Waals surface area contributed by atoms with Crippen LogP contribution < -0.4 is 0 Å². The van der Waals surface area contributed by atoms with E-state index in [-0.39, 0.29) is 5.69 Å². The molecule has 4 aromatic rings. The monoisotopic (exact) mass is 347 g/mol. The number of para-hydroxylation sites is 1. The smallest absolute Gasteiger partial charge is 0.269 e. The molecule has 3 aromatic carbocycles. The minimum absolute atomic E-state index is 0.0877. The van der Waals surface area contributed by atoms with Crippen LogP contribution in [0.4, 0.5) is 5.69 Å². The van der Waals surface area contributed by atoms with Gasteiger partial charge in [0.25, 0.3) is 5.69 Å². The number of furan rings is 1. The van der Waals surface area contributed by atoms with Gasteiger partial charge in [0.05, 0.1) is 9.82 Å². The summed E-state index contributed by atoms with van der Waals surface area (Å²) in [5.74, 6) is 0.810. The van der Waals surface area contributed by atoms with E-state index in [0.29, 0.717) is 0 Å². The molecule has 0 aliphatic heterocycles. The van der Waals surface area contributed by atoms with Gasteiger partial charge in [-0.2, -0.15) is 0 Å². The van der Waals surface area contributed by atoms with Crippen LogP contribution in [0.2, 0.25) is 0 Å². The summed E-state index contributed by atoms with van der Waals surface area (Å²) in [6.07, 6.45) is 0. The maximum atomic E-state index is 10.8. The van der Waals surface area contributed by atoms with Gasteiger partial charge in [-0.3, -0.25) is 10.1 Å². The molecule has 1 heterocycles. The van der Waals surface area contributed by atoms with Crippen LogP contribution in [-0.4, -0.2) is 4.92 Å². The normalized spacial score (nSPS) is 10.9. The van der Waals surface area contributed by atoms with Gasteiger partial charge in [0, 0.05) is 28.0 Å². The highest BCUT2D eigenvalue weighted by molar-refractivity contribution is 7.99. The lowest BCUT2D eigenvalue weighted by atomic mass is 10.1. The summed E-state index contributed by atoms with van der Waals surface area (Å²) in [5, 5.41) is 11.9. The van der Waals surface area contributed by atoms with E-state index in [9.17, 15) is 10.1 Å². The first-order chi connectivity index (χ1) is 12.2. The molecule has 0 fully saturated rings. The highest BCUT2D eigenvalue weighted by Gasteiger charge is 2.17. The third-order valence-electron chi connectivity index (χ3n) is 3.85. The van der Waals surface area contributed by atoms with Crippen LogP contribution in [0.1, 0.15) is 0 Å². The fraction of sp³-hybridized carbons (Fsp3) is 0. The minimum atomic E-state index is -0.392. The first kappa shape index (κ1) is 15.5. The van der Waals surface area contributed by atoms with Crippen LogP contribution in [0, 0.1) is 10.1 Å². The molecule has 5 heteroatoms. The molecule has 0 radical (unpaired) electrons. The second-order valence-corrected chi connectivity index (χ2v) is 6.56. The first-order valence-corrected chi connectivity index (χ1v) is 8.53. The van der Waals surface area contributed by atoms with Crippen molar-refractivity contribution in [3.63, 3.8) is 0 Å². The molecule has 4 nitrogen and oxygen atoms in total. The van der Waals surface area contributed by atoms with Crippen molar-refractivity contribution in [2.24, 2.45) is 0 Å². The zero-order valence-electron chi connectivity index (χ0n) is 13.1.